The van der Waals surface area contributed by atoms with Gasteiger partial charge in [-0.15, -0.1) is 0 Å². The highest BCUT2D eigenvalue weighted by Crippen LogP contribution is 2.22. The number of halogens is 2. The van der Waals surface area contributed by atoms with Crippen molar-refractivity contribution in [3.8, 4) is 0 Å². The number of amides is 1. The quantitative estimate of drug-likeness (QED) is 0.832. The second-order valence-corrected chi connectivity index (χ2v) is 4.85. The second kappa shape index (κ2) is 5.67. The third-order valence-electron chi connectivity index (χ3n) is 1.99. The molecule has 1 aromatic carbocycles. The van der Waals surface area contributed by atoms with Crippen LogP contribution in [0.1, 0.15) is 6.92 Å². The van der Waals surface area contributed by atoms with Gasteiger partial charge in [-0.2, -0.15) is 0 Å². The summed E-state index contributed by atoms with van der Waals surface area (Å²) >= 11 is 7.93. The molecule has 1 aromatic rings. The van der Waals surface area contributed by atoms with Gasteiger partial charge in [0.05, 0.1) is 5.69 Å². The minimum Gasteiger partial charge on any atom is -0.330 e. The van der Waals surface area contributed by atoms with Gasteiger partial charge in [0.2, 0.25) is 5.91 Å². The first-order valence-electron chi connectivity index (χ1n) is 4.50. The summed E-state index contributed by atoms with van der Waals surface area (Å²) in [4.78, 5) is 11.6. The molecule has 0 fully saturated rings. The van der Waals surface area contributed by atoms with Gasteiger partial charge >= 0.3 is 0 Å². The van der Waals surface area contributed by atoms with Crippen molar-refractivity contribution < 1.29 is 4.79 Å². The molecule has 1 amide bonds. The minimum atomic E-state index is -0.184. The van der Waals surface area contributed by atoms with Crippen molar-refractivity contribution in [3.63, 3.8) is 0 Å². The number of hydrogen-bond acceptors (Lipinski definition) is 2. The standard InChI is InChI=1S/C10H12ClIN2O/c1-6(5-13)10(15)14-9-3-2-7(11)4-8(9)12/h2-4,6H,5,13H2,1H3,(H,14,15). The van der Waals surface area contributed by atoms with Crippen molar-refractivity contribution >= 4 is 45.8 Å². The number of rotatable bonds is 3. The molecule has 0 bridgehead atoms. The lowest BCUT2D eigenvalue weighted by Gasteiger charge is -2.11. The van der Waals surface area contributed by atoms with E-state index in [1.54, 1.807) is 25.1 Å². The molecule has 0 radical (unpaired) electrons. The van der Waals surface area contributed by atoms with Crippen molar-refractivity contribution in [2.75, 3.05) is 11.9 Å². The van der Waals surface area contributed by atoms with Gasteiger partial charge in [-0.3, -0.25) is 4.79 Å². The molecule has 1 unspecified atom stereocenters. The van der Waals surface area contributed by atoms with Crippen molar-refractivity contribution in [2.45, 2.75) is 6.92 Å². The monoisotopic (exact) mass is 338 g/mol. The highest BCUT2D eigenvalue weighted by Gasteiger charge is 2.12. The Balaban J connectivity index is 2.77. The smallest absolute Gasteiger partial charge is 0.228 e. The number of carbonyl (C=O) groups excluding carboxylic acids is 1. The Kier molecular flexibility index (Phi) is 4.82. The summed E-state index contributed by atoms with van der Waals surface area (Å²) in [5.74, 6) is -0.255. The van der Waals surface area contributed by atoms with Crippen molar-refractivity contribution in [1.29, 1.82) is 0 Å². The van der Waals surface area contributed by atoms with E-state index in [0.29, 0.717) is 11.6 Å². The fourth-order valence-corrected chi connectivity index (χ4v) is 1.96. The molecule has 0 aliphatic rings. The van der Waals surface area contributed by atoms with Gasteiger partial charge in [0.25, 0.3) is 0 Å². The van der Waals surface area contributed by atoms with Crippen LogP contribution >= 0.6 is 34.2 Å². The lowest BCUT2D eigenvalue weighted by Crippen LogP contribution is -2.26. The second-order valence-electron chi connectivity index (χ2n) is 3.25. The molecular weight excluding hydrogens is 326 g/mol. The zero-order valence-electron chi connectivity index (χ0n) is 8.26. The third-order valence-corrected chi connectivity index (χ3v) is 3.12. The van der Waals surface area contributed by atoms with Gasteiger partial charge in [0, 0.05) is 21.1 Å². The lowest BCUT2D eigenvalue weighted by molar-refractivity contribution is -0.119. The van der Waals surface area contributed by atoms with E-state index in [0.717, 1.165) is 9.26 Å². The van der Waals surface area contributed by atoms with Gasteiger partial charge in [0.15, 0.2) is 0 Å². The van der Waals surface area contributed by atoms with Gasteiger partial charge in [0.1, 0.15) is 0 Å². The number of nitrogens with one attached hydrogen (secondary N) is 1. The Labute approximate surface area is 108 Å². The summed E-state index contributed by atoms with van der Waals surface area (Å²) in [7, 11) is 0. The maximum absolute atomic E-state index is 11.6. The first-order valence-corrected chi connectivity index (χ1v) is 5.96. The van der Waals surface area contributed by atoms with Crippen molar-refractivity contribution in [2.24, 2.45) is 11.7 Å². The lowest BCUT2D eigenvalue weighted by atomic mass is 10.1. The van der Waals surface area contributed by atoms with Gasteiger partial charge in [-0.05, 0) is 40.8 Å². The molecule has 5 heteroatoms. The Hall–Kier alpha value is -0.330. The molecule has 1 atom stereocenters. The Morgan fingerprint density at radius 1 is 1.67 bits per heavy atom. The minimum absolute atomic E-state index is 0.0715. The summed E-state index contributed by atoms with van der Waals surface area (Å²) in [6.07, 6.45) is 0. The van der Waals surface area contributed by atoms with Crippen LogP contribution in [0, 0.1) is 9.49 Å². The summed E-state index contributed by atoms with van der Waals surface area (Å²) in [6.45, 7) is 2.13. The number of anilines is 1. The normalized spacial score (nSPS) is 12.3. The van der Waals surface area contributed by atoms with Gasteiger partial charge < -0.3 is 11.1 Å². The molecule has 82 valence electrons. The molecule has 0 aliphatic heterocycles. The molecule has 3 N–H and O–H groups in total. The van der Waals surface area contributed by atoms with Crippen LogP contribution in [0.15, 0.2) is 18.2 Å². The number of carbonyl (C=O) groups is 1. The zero-order valence-corrected chi connectivity index (χ0v) is 11.2. The molecule has 3 nitrogen and oxygen atoms in total. The van der Waals surface area contributed by atoms with Crippen LogP contribution in [-0.4, -0.2) is 12.5 Å². The fraction of sp³-hybridized carbons (Fsp3) is 0.300. The van der Waals surface area contributed by atoms with Crippen LogP contribution in [0.25, 0.3) is 0 Å². The molecule has 15 heavy (non-hydrogen) atoms. The first kappa shape index (κ1) is 12.7. The van der Waals surface area contributed by atoms with Crippen LogP contribution in [0.5, 0.6) is 0 Å². The van der Waals surface area contributed by atoms with E-state index in [1.165, 1.54) is 0 Å². The topological polar surface area (TPSA) is 55.1 Å². The number of benzene rings is 1. The van der Waals surface area contributed by atoms with E-state index in [-0.39, 0.29) is 11.8 Å². The van der Waals surface area contributed by atoms with E-state index in [2.05, 4.69) is 27.9 Å². The number of hydrogen-bond donors (Lipinski definition) is 2. The highest BCUT2D eigenvalue weighted by molar-refractivity contribution is 14.1. The van der Waals surface area contributed by atoms with Crippen LogP contribution in [0.3, 0.4) is 0 Å². The molecule has 0 heterocycles. The maximum Gasteiger partial charge on any atom is 0.228 e. The van der Waals surface area contributed by atoms with Crippen LogP contribution in [-0.2, 0) is 4.79 Å². The predicted molar refractivity (Wildman–Crippen MR) is 71.0 cm³/mol. The summed E-state index contributed by atoms with van der Waals surface area (Å²) < 4.78 is 0.915. The summed E-state index contributed by atoms with van der Waals surface area (Å²) in [5, 5.41) is 3.46. The first-order chi connectivity index (χ1) is 7.04. The van der Waals surface area contributed by atoms with Crippen molar-refractivity contribution in [3.05, 3.63) is 26.8 Å². The molecule has 0 saturated heterocycles. The van der Waals surface area contributed by atoms with Gasteiger partial charge in [-0.1, -0.05) is 18.5 Å². The maximum atomic E-state index is 11.6. The SMILES string of the molecule is CC(CN)C(=O)Nc1ccc(Cl)cc1I. The van der Waals surface area contributed by atoms with E-state index < -0.39 is 0 Å². The largest absolute Gasteiger partial charge is 0.330 e. The average Bonchev–Trinajstić information content (AvgIpc) is 2.20. The molecule has 0 saturated carbocycles. The van der Waals surface area contributed by atoms with Crippen LogP contribution < -0.4 is 11.1 Å². The molecule has 0 aliphatic carbocycles. The average molecular weight is 339 g/mol. The summed E-state index contributed by atoms with van der Waals surface area (Å²) in [5.41, 5.74) is 6.17. The molecule has 1 rings (SSSR count). The number of nitrogens with two attached hydrogens (primary N) is 1. The van der Waals surface area contributed by atoms with E-state index >= 15 is 0 Å². The van der Waals surface area contributed by atoms with E-state index in [4.69, 9.17) is 17.3 Å². The fourth-order valence-electron chi connectivity index (χ4n) is 0.954. The molecule has 0 aromatic heterocycles. The zero-order chi connectivity index (χ0) is 11.4. The van der Waals surface area contributed by atoms with Gasteiger partial charge in [-0.25, -0.2) is 0 Å². The molecular formula is C10H12ClIN2O. The predicted octanol–water partition coefficient (Wildman–Crippen LogP) is 2.48. The molecule has 0 spiro atoms. The highest BCUT2D eigenvalue weighted by atomic mass is 127. The Bertz CT molecular complexity index is 370. The van der Waals surface area contributed by atoms with Crippen LogP contribution in [0.4, 0.5) is 5.69 Å². The Morgan fingerprint density at radius 3 is 2.87 bits per heavy atom. The van der Waals surface area contributed by atoms with E-state index in [9.17, 15) is 4.79 Å². The third kappa shape index (κ3) is 3.62. The van der Waals surface area contributed by atoms with Crippen molar-refractivity contribution in [1.82, 2.24) is 0 Å². The van der Waals surface area contributed by atoms with E-state index in [1.807, 2.05) is 0 Å². The summed E-state index contributed by atoms with van der Waals surface area (Å²) in [6, 6.07) is 5.32. The Morgan fingerprint density at radius 2 is 2.33 bits per heavy atom. The van der Waals surface area contributed by atoms with Crippen LogP contribution in [0.2, 0.25) is 5.02 Å².